The van der Waals surface area contributed by atoms with Crippen LogP contribution in [0.4, 0.5) is 23.0 Å². The van der Waals surface area contributed by atoms with Crippen LogP contribution in [0.2, 0.25) is 0 Å². The number of hydrogen-bond acceptors (Lipinski definition) is 6. The van der Waals surface area contributed by atoms with Gasteiger partial charge in [-0.2, -0.15) is 0 Å². The fraction of sp³-hybridized carbons (Fsp3) is 0.474. The lowest BCUT2D eigenvalue weighted by molar-refractivity contribution is 0.405. The van der Waals surface area contributed by atoms with Crippen molar-refractivity contribution in [2.24, 2.45) is 0 Å². The van der Waals surface area contributed by atoms with Crippen LogP contribution in [0.15, 0.2) is 36.7 Å². The summed E-state index contributed by atoms with van der Waals surface area (Å²) in [6.07, 6.45) is 5.27. The van der Waals surface area contributed by atoms with Gasteiger partial charge in [0, 0.05) is 37.1 Å². The average Bonchev–Trinajstić information content (AvgIpc) is 3.14. The standard InChI is InChI=1S/C19H28N6/c1-24(2)11-5-10-20-18-14-19(22-15-21-18)23-16-6-8-17(9-7-16)25-12-3-4-13-25/h6-9,14-15H,3-5,10-13H2,1-2H3,(H2,20,21,22,23). The minimum absolute atomic E-state index is 0.805. The number of aromatic nitrogens is 2. The largest absolute Gasteiger partial charge is 0.372 e. The maximum absolute atomic E-state index is 4.31. The summed E-state index contributed by atoms with van der Waals surface area (Å²) in [5, 5.41) is 6.70. The first-order valence-corrected chi connectivity index (χ1v) is 9.03. The molecular weight excluding hydrogens is 312 g/mol. The highest BCUT2D eigenvalue weighted by Gasteiger charge is 2.11. The van der Waals surface area contributed by atoms with Crippen LogP contribution >= 0.6 is 0 Å². The van der Waals surface area contributed by atoms with Crippen LogP contribution in [0, 0.1) is 0 Å². The van der Waals surface area contributed by atoms with Gasteiger partial charge in [-0.25, -0.2) is 9.97 Å². The lowest BCUT2D eigenvalue weighted by atomic mass is 10.2. The van der Waals surface area contributed by atoms with E-state index in [1.54, 1.807) is 6.33 Å². The van der Waals surface area contributed by atoms with E-state index in [2.05, 4.69) is 68.8 Å². The quantitative estimate of drug-likeness (QED) is 0.720. The van der Waals surface area contributed by atoms with Crippen molar-refractivity contribution < 1.29 is 0 Å². The van der Waals surface area contributed by atoms with Crippen LogP contribution in [-0.2, 0) is 0 Å². The summed E-state index contributed by atoms with van der Waals surface area (Å²) in [6.45, 7) is 4.30. The molecule has 2 aromatic rings. The zero-order chi connectivity index (χ0) is 17.5. The van der Waals surface area contributed by atoms with Crippen molar-refractivity contribution in [3.8, 4) is 0 Å². The van der Waals surface area contributed by atoms with E-state index in [9.17, 15) is 0 Å². The molecule has 2 heterocycles. The van der Waals surface area contributed by atoms with Crippen molar-refractivity contribution in [3.05, 3.63) is 36.7 Å². The van der Waals surface area contributed by atoms with Crippen LogP contribution in [0.25, 0.3) is 0 Å². The summed E-state index contributed by atoms with van der Waals surface area (Å²) >= 11 is 0. The molecule has 0 aliphatic carbocycles. The SMILES string of the molecule is CN(C)CCCNc1cc(Nc2ccc(N3CCCC3)cc2)ncn1. The van der Waals surface area contributed by atoms with Crippen molar-refractivity contribution in [3.63, 3.8) is 0 Å². The van der Waals surface area contributed by atoms with Gasteiger partial charge in [0.05, 0.1) is 0 Å². The Balaban J connectivity index is 1.54. The molecule has 1 aromatic carbocycles. The second-order valence-electron chi connectivity index (χ2n) is 6.74. The first-order chi connectivity index (χ1) is 12.2. The Bertz CT molecular complexity index is 649. The molecule has 1 aliphatic heterocycles. The molecule has 0 spiro atoms. The molecule has 1 saturated heterocycles. The van der Waals surface area contributed by atoms with Crippen LogP contribution in [0.5, 0.6) is 0 Å². The van der Waals surface area contributed by atoms with Gasteiger partial charge in [-0.1, -0.05) is 0 Å². The predicted octanol–water partition coefficient (Wildman–Crippen LogP) is 3.18. The molecule has 0 radical (unpaired) electrons. The second-order valence-corrected chi connectivity index (χ2v) is 6.74. The Morgan fingerprint density at radius 3 is 2.48 bits per heavy atom. The third kappa shape index (κ3) is 5.32. The topological polar surface area (TPSA) is 56.3 Å². The van der Waals surface area contributed by atoms with Crippen molar-refractivity contribution >= 4 is 23.0 Å². The molecule has 0 saturated carbocycles. The minimum Gasteiger partial charge on any atom is -0.372 e. The van der Waals surface area contributed by atoms with Crippen LogP contribution < -0.4 is 15.5 Å². The van der Waals surface area contributed by atoms with Gasteiger partial charge in [-0.3, -0.25) is 0 Å². The molecular formula is C19H28N6. The molecule has 1 aromatic heterocycles. The molecule has 6 heteroatoms. The summed E-state index contributed by atoms with van der Waals surface area (Å²) in [7, 11) is 4.17. The second kappa shape index (κ2) is 8.67. The highest BCUT2D eigenvalue weighted by atomic mass is 15.1. The Kier molecular flexibility index (Phi) is 6.06. The van der Waals surface area contributed by atoms with E-state index in [1.165, 1.54) is 31.6 Å². The van der Waals surface area contributed by atoms with Gasteiger partial charge >= 0.3 is 0 Å². The number of nitrogens with zero attached hydrogens (tertiary/aromatic N) is 4. The minimum atomic E-state index is 0.805. The van der Waals surface area contributed by atoms with Crippen molar-refractivity contribution in [1.29, 1.82) is 0 Å². The molecule has 0 atom stereocenters. The molecule has 1 fully saturated rings. The van der Waals surface area contributed by atoms with Crippen LogP contribution in [-0.4, -0.2) is 55.1 Å². The molecule has 1 aliphatic rings. The third-order valence-corrected chi connectivity index (χ3v) is 4.37. The zero-order valence-corrected chi connectivity index (χ0v) is 15.2. The summed E-state index contributed by atoms with van der Waals surface area (Å²) in [6, 6.07) is 10.5. The smallest absolute Gasteiger partial charge is 0.135 e. The fourth-order valence-corrected chi connectivity index (χ4v) is 3.01. The van der Waals surface area contributed by atoms with Gasteiger partial charge in [0.25, 0.3) is 0 Å². The average molecular weight is 340 g/mol. The van der Waals surface area contributed by atoms with Crippen molar-refractivity contribution in [1.82, 2.24) is 14.9 Å². The van der Waals surface area contributed by atoms with E-state index < -0.39 is 0 Å². The van der Waals surface area contributed by atoms with Gasteiger partial charge < -0.3 is 20.4 Å². The van der Waals surface area contributed by atoms with E-state index in [1.807, 2.05) is 6.07 Å². The Hall–Kier alpha value is -2.34. The molecule has 0 amide bonds. The Morgan fingerprint density at radius 2 is 1.76 bits per heavy atom. The summed E-state index contributed by atoms with van der Waals surface area (Å²) in [5.74, 6) is 1.66. The summed E-state index contributed by atoms with van der Waals surface area (Å²) in [5.41, 5.74) is 2.34. The van der Waals surface area contributed by atoms with Gasteiger partial charge in [0.15, 0.2) is 0 Å². The van der Waals surface area contributed by atoms with E-state index in [4.69, 9.17) is 0 Å². The monoisotopic (exact) mass is 340 g/mol. The number of anilines is 4. The lowest BCUT2D eigenvalue weighted by Gasteiger charge is -2.18. The first kappa shape index (κ1) is 17.5. The van der Waals surface area contributed by atoms with E-state index in [0.717, 1.165) is 36.8 Å². The number of rotatable bonds is 8. The number of benzene rings is 1. The van der Waals surface area contributed by atoms with Crippen molar-refractivity contribution in [2.75, 3.05) is 55.8 Å². The molecule has 25 heavy (non-hydrogen) atoms. The van der Waals surface area contributed by atoms with Gasteiger partial charge in [0.2, 0.25) is 0 Å². The Labute approximate surface area is 150 Å². The van der Waals surface area contributed by atoms with E-state index >= 15 is 0 Å². The maximum Gasteiger partial charge on any atom is 0.135 e. The Morgan fingerprint density at radius 1 is 1.04 bits per heavy atom. The van der Waals surface area contributed by atoms with Crippen molar-refractivity contribution in [2.45, 2.75) is 19.3 Å². The highest BCUT2D eigenvalue weighted by Crippen LogP contribution is 2.23. The maximum atomic E-state index is 4.31. The molecule has 6 nitrogen and oxygen atoms in total. The first-order valence-electron chi connectivity index (χ1n) is 9.03. The predicted molar refractivity (Wildman–Crippen MR) is 105 cm³/mol. The van der Waals surface area contributed by atoms with Gasteiger partial charge in [-0.15, -0.1) is 0 Å². The number of hydrogen-bond donors (Lipinski definition) is 2. The van der Waals surface area contributed by atoms with E-state index in [0.29, 0.717) is 0 Å². The fourth-order valence-electron chi connectivity index (χ4n) is 3.01. The van der Waals surface area contributed by atoms with Gasteiger partial charge in [-0.05, 0) is 64.2 Å². The lowest BCUT2D eigenvalue weighted by Crippen LogP contribution is -2.17. The molecule has 3 rings (SSSR count). The van der Waals surface area contributed by atoms with Gasteiger partial charge in [0.1, 0.15) is 18.0 Å². The zero-order valence-electron chi connectivity index (χ0n) is 15.2. The summed E-state index contributed by atoms with van der Waals surface area (Å²) in [4.78, 5) is 13.2. The van der Waals surface area contributed by atoms with Crippen LogP contribution in [0.1, 0.15) is 19.3 Å². The molecule has 0 bridgehead atoms. The number of nitrogens with one attached hydrogen (secondary N) is 2. The van der Waals surface area contributed by atoms with Crippen LogP contribution in [0.3, 0.4) is 0 Å². The highest BCUT2D eigenvalue weighted by molar-refractivity contribution is 5.62. The van der Waals surface area contributed by atoms with E-state index in [-0.39, 0.29) is 0 Å². The molecule has 134 valence electrons. The normalized spacial score (nSPS) is 14.1. The molecule has 2 N–H and O–H groups in total. The third-order valence-electron chi connectivity index (χ3n) is 4.37. The molecule has 0 unspecified atom stereocenters. The summed E-state index contributed by atoms with van der Waals surface area (Å²) < 4.78 is 0.